The van der Waals surface area contributed by atoms with Crippen LogP contribution in [0.4, 0.5) is 5.69 Å². The first kappa shape index (κ1) is 15.1. The Morgan fingerprint density at radius 1 is 1.00 bits per heavy atom. The number of benzene rings is 2. The number of aromatic amines is 1. The van der Waals surface area contributed by atoms with E-state index in [1.807, 2.05) is 24.4 Å². The molecule has 126 valence electrons. The number of fused-ring (bicyclic) bond motifs is 2. The molecule has 25 heavy (non-hydrogen) atoms. The van der Waals surface area contributed by atoms with Crippen LogP contribution < -0.4 is 20.1 Å². The molecule has 3 N–H and O–H groups in total. The van der Waals surface area contributed by atoms with E-state index >= 15 is 0 Å². The minimum atomic E-state index is -0.712. The predicted molar refractivity (Wildman–Crippen MR) is 91.3 cm³/mol. The molecule has 1 aliphatic rings. The molecule has 7 heteroatoms. The molecule has 1 aliphatic heterocycles. The Labute approximate surface area is 142 Å². The van der Waals surface area contributed by atoms with Crippen LogP contribution in [-0.4, -0.2) is 23.6 Å². The summed E-state index contributed by atoms with van der Waals surface area (Å²) < 4.78 is 10.5. The fourth-order valence-electron chi connectivity index (χ4n) is 2.63. The van der Waals surface area contributed by atoms with Crippen LogP contribution in [0.1, 0.15) is 5.56 Å². The summed E-state index contributed by atoms with van der Waals surface area (Å²) in [6.45, 7) is 0.415. The first-order chi connectivity index (χ1) is 12.2. The maximum atomic E-state index is 12.0. The molecule has 0 atom stereocenters. The van der Waals surface area contributed by atoms with Gasteiger partial charge in [0.25, 0.3) is 0 Å². The summed E-state index contributed by atoms with van der Waals surface area (Å²) in [4.78, 5) is 27.1. The minimum Gasteiger partial charge on any atom is -0.454 e. The fraction of sp³-hybridized carbons (Fsp3) is 0.111. The average molecular weight is 337 g/mol. The van der Waals surface area contributed by atoms with Crippen LogP contribution in [-0.2, 0) is 16.1 Å². The van der Waals surface area contributed by atoms with Gasteiger partial charge < -0.3 is 25.1 Å². The summed E-state index contributed by atoms with van der Waals surface area (Å²) in [5.74, 6) is -0.105. The molecule has 0 aliphatic carbocycles. The molecule has 3 aromatic rings. The number of hydrogen-bond donors (Lipinski definition) is 3. The Kier molecular flexibility index (Phi) is 3.74. The van der Waals surface area contributed by atoms with Crippen molar-refractivity contribution in [3.05, 3.63) is 54.2 Å². The topological polar surface area (TPSA) is 92.4 Å². The lowest BCUT2D eigenvalue weighted by atomic mass is 10.2. The first-order valence-electron chi connectivity index (χ1n) is 7.74. The zero-order valence-electron chi connectivity index (χ0n) is 13.2. The van der Waals surface area contributed by atoms with E-state index in [0.717, 1.165) is 16.5 Å². The smallest absolute Gasteiger partial charge is 0.313 e. The highest BCUT2D eigenvalue weighted by Gasteiger charge is 2.16. The van der Waals surface area contributed by atoms with Gasteiger partial charge in [0.1, 0.15) is 0 Å². The van der Waals surface area contributed by atoms with E-state index in [-0.39, 0.29) is 13.3 Å². The quantitative estimate of drug-likeness (QED) is 0.639. The van der Waals surface area contributed by atoms with E-state index in [1.165, 1.54) is 0 Å². The summed E-state index contributed by atoms with van der Waals surface area (Å²) in [6.07, 6.45) is 1.81. The fourth-order valence-corrected chi connectivity index (χ4v) is 2.63. The van der Waals surface area contributed by atoms with Gasteiger partial charge in [0.05, 0.1) is 0 Å². The van der Waals surface area contributed by atoms with Gasteiger partial charge in [0, 0.05) is 29.3 Å². The lowest BCUT2D eigenvalue weighted by Gasteiger charge is -2.07. The van der Waals surface area contributed by atoms with Crippen LogP contribution >= 0.6 is 0 Å². The van der Waals surface area contributed by atoms with Crippen molar-refractivity contribution in [1.82, 2.24) is 10.3 Å². The minimum absolute atomic E-state index is 0.193. The van der Waals surface area contributed by atoms with Crippen molar-refractivity contribution in [2.45, 2.75) is 6.54 Å². The van der Waals surface area contributed by atoms with Crippen LogP contribution in [0.25, 0.3) is 10.9 Å². The summed E-state index contributed by atoms with van der Waals surface area (Å²) >= 11 is 0. The number of rotatable bonds is 3. The largest absolute Gasteiger partial charge is 0.454 e. The molecule has 0 fully saturated rings. The summed E-state index contributed by atoms with van der Waals surface area (Å²) in [7, 11) is 0. The van der Waals surface area contributed by atoms with E-state index in [0.29, 0.717) is 17.2 Å². The molecule has 7 nitrogen and oxygen atoms in total. The predicted octanol–water partition coefficient (Wildman–Crippen LogP) is 2.15. The van der Waals surface area contributed by atoms with Crippen molar-refractivity contribution in [3.63, 3.8) is 0 Å². The molecular weight excluding hydrogens is 322 g/mol. The van der Waals surface area contributed by atoms with Crippen molar-refractivity contribution >= 4 is 28.4 Å². The highest BCUT2D eigenvalue weighted by molar-refractivity contribution is 6.39. The molecule has 0 saturated heterocycles. The molecule has 0 spiro atoms. The molecule has 2 heterocycles. The van der Waals surface area contributed by atoms with Gasteiger partial charge >= 0.3 is 11.8 Å². The Hall–Kier alpha value is -3.48. The van der Waals surface area contributed by atoms with Gasteiger partial charge in [-0.25, -0.2) is 0 Å². The number of amides is 2. The maximum absolute atomic E-state index is 12.0. The zero-order valence-corrected chi connectivity index (χ0v) is 13.2. The Morgan fingerprint density at radius 2 is 1.88 bits per heavy atom. The highest BCUT2D eigenvalue weighted by Crippen LogP contribution is 2.32. The second-order valence-electron chi connectivity index (χ2n) is 5.60. The molecular formula is C18H15N3O4. The molecule has 0 saturated carbocycles. The SMILES string of the molecule is O=C(NCc1ccc2c(c1)OCO2)C(=O)Nc1ccc2[nH]ccc2c1. The van der Waals surface area contributed by atoms with E-state index in [1.54, 1.807) is 24.3 Å². The molecule has 4 rings (SSSR count). The molecule has 0 radical (unpaired) electrons. The number of carbonyl (C=O) groups is 2. The molecule has 0 bridgehead atoms. The number of H-pyrrole nitrogens is 1. The third-order valence-corrected chi connectivity index (χ3v) is 3.91. The lowest BCUT2D eigenvalue weighted by Crippen LogP contribution is -2.34. The Balaban J connectivity index is 1.36. The van der Waals surface area contributed by atoms with Crippen LogP contribution in [0, 0.1) is 0 Å². The molecule has 1 aromatic heterocycles. The van der Waals surface area contributed by atoms with E-state index < -0.39 is 11.8 Å². The van der Waals surface area contributed by atoms with Crippen molar-refractivity contribution in [2.24, 2.45) is 0 Å². The number of hydrogen-bond acceptors (Lipinski definition) is 4. The molecule has 2 amide bonds. The van der Waals surface area contributed by atoms with Gasteiger partial charge in [-0.3, -0.25) is 9.59 Å². The number of carbonyl (C=O) groups excluding carboxylic acids is 2. The average Bonchev–Trinajstić information content (AvgIpc) is 3.27. The third-order valence-electron chi connectivity index (χ3n) is 3.91. The van der Waals surface area contributed by atoms with Crippen LogP contribution in [0.15, 0.2) is 48.7 Å². The Bertz CT molecular complexity index is 964. The molecule has 0 unspecified atom stereocenters. The third kappa shape index (κ3) is 3.12. The monoisotopic (exact) mass is 337 g/mol. The van der Waals surface area contributed by atoms with Crippen molar-refractivity contribution in [3.8, 4) is 11.5 Å². The first-order valence-corrected chi connectivity index (χ1v) is 7.74. The summed E-state index contributed by atoms with van der Waals surface area (Å²) in [5, 5.41) is 6.14. The maximum Gasteiger partial charge on any atom is 0.313 e. The van der Waals surface area contributed by atoms with Crippen LogP contribution in [0.2, 0.25) is 0 Å². The van der Waals surface area contributed by atoms with E-state index in [4.69, 9.17) is 9.47 Å². The van der Waals surface area contributed by atoms with Gasteiger partial charge in [-0.1, -0.05) is 6.07 Å². The Morgan fingerprint density at radius 3 is 2.80 bits per heavy atom. The lowest BCUT2D eigenvalue weighted by molar-refractivity contribution is -0.136. The van der Waals surface area contributed by atoms with Gasteiger partial charge in [-0.15, -0.1) is 0 Å². The van der Waals surface area contributed by atoms with E-state index in [9.17, 15) is 9.59 Å². The van der Waals surface area contributed by atoms with Crippen LogP contribution in [0.5, 0.6) is 11.5 Å². The van der Waals surface area contributed by atoms with Gasteiger partial charge in [-0.2, -0.15) is 0 Å². The van der Waals surface area contributed by atoms with Gasteiger partial charge in [0.15, 0.2) is 11.5 Å². The number of aromatic nitrogens is 1. The van der Waals surface area contributed by atoms with Crippen molar-refractivity contribution in [1.29, 1.82) is 0 Å². The summed E-state index contributed by atoms with van der Waals surface area (Å²) in [5.41, 5.74) is 2.35. The molecule has 2 aromatic carbocycles. The van der Waals surface area contributed by atoms with Gasteiger partial charge in [-0.05, 0) is 42.0 Å². The standard InChI is InChI=1S/C18H15N3O4/c22-17(20-9-11-1-4-15-16(7-11)25-10-24-15)18(23)21-13-2-3-14-12(8-13)5-6-19-14/h1-8,19H,9-10H2,(H,20,22)(H,21,23). The van der Waals surface area contributed by atoms with Crippen LogP contribution in [0.3, 0.4) is 0 Å². The van der Waals surface area contributed by atoms with Gasteiger partial charge in [0.2, 0.25) is 6.79 Å². The number of anilines is 1. The number of ether oxygens (including phenoxy) is 2. The second kappa shape index (κ2) is 6.20. The van der Waals surface area contributed by atoms with Crippen molar-refractivity contribution in [2.75, 3.05) is 12.1 Å². The highest BCUT2D eigenvalue weighted by atomic mass is 16.7. The van der Waals surface area contributed by atoms with E-state index in [2.05, 4.69) is 15.6 Å². The summed E-state index contributed by atoms with van der Waals surface area (Å²) in [6, 6.07) is 12.6. The van der Waals surface area contributed by atoms with Crippen molar-refractivity contribution < 1.29 is 19.1 Å². The zero-order chi connectivity index (χ0) is 17.2. The second-order valence-corrected chi connectivity index (χ2v) is 5.60. The normalized spacial score (nSPS) is 12.2. The number of nitrogens with one attached hydrogen (secondary N) is 3.